The lowest BCUT2D eigenvalue weighted by atomic mass is 9.84. The van der Waals surface area contributed by atoms with Crippen molar-refractivity contribution in [3.8, 4) is 0 Å². The van der Waals surface area contributed by atoms with Crippen LogP contribution in [-0.4, -0.2) is 29.6 Å². The van der Waals surface area contributed by atoms with Gasteiger partial charge in [-0.3, -0.25) is 0 Å². The quantitative estimate of drug-likeness (QED) is 0.748. The third kappa shape index (κ3) is 3.63. The molecule has 1 saturated carbocycles. The Morgan fingerprint density at radius 3 is 2.33 bits per heavy atom. The second kappa shape index (κ2) is 6.31. The Bertz CT molecular complexity index is 198. The molecular formula is C12H24N2S. The number of hydrogen-bond acceptors (Lipinski definition) is 1. The molecule has 2 nitrogen and oxygen atoms in total. The molecule has 0 aromatic carbocycles. The van der Waals surface area contributed by atoms with E-state index in [1.807, 2.05) is 0 Å². The monoisotopic (exact) mass is 228 g/mol. The van der Waals surface area contributed by atoms with Crippen molar-refractivity contribution in [3.05, 3.63) is 0 Å². The van der Waals surface area contributed by atoms with Gasteiger partial charge in [-0.2, -0.15) is 0 Å². The highest BCUT2D eigenvalue weighted by atomic mass is 32.1. The lowest BCUT2D eigenvalue weighted by molar-refractivity contribution is 0.225. The summed E-state index contributed by atoms with van der Waals surface area (Å²) in [5, 5.41) is 4.14. The molecule has 1 rings (SSSR count). The summed E-state index contributed by atoms with van der Waals surface area (Å²) in [5.74, 6) is 0.961. The Balaban J connectivity index is 2.35. The molecule has 0 heterocycles. The summed E-state index contributed by atoms with van der Waals surface area (Å²) < 4.78 is 0. The molecule has 0 saturated heterocycles. The Hall–Kier alpha value is -0.310. The van der Waals surface area contributed by atoms with E-state index in [0.717, 1.165) is 17.6 Å². The first-order valence-corrected chi connectivity index (χ1v) is 6.60. The van der Waals surface area contributed by atoms with Crippen LogP contribution < -0.4 is 5.32 Å². The first-order chi connectivity index (χ1) is 7.19. The van der Waals surface area contributed by atoms with E-state index in [9.17, 15) is 0 Å². The minimum absolute atomic E-state index is 0.666. The molecule has 88 valence electrons. The molecule has 1 N–H and O–H groups in total. The summed E-state index contributed by atoms with van der Waals surface area (Å²) in [6.45, 7) is 5.32. The van der Waals surface area contributed by atoms with Crippen LogP contribution in [0.2, 0.25) is 0 Å². The minimum atomic E-state index is 0.666. The lowest BCUT2D eigenvalue weighted by Crippen LogP contribution is -2.44. The van der Waals surface area contributed by atoms with Gasteiger partial charge in [0, 0.05) is 19.6 Å². The molecule has 3 heteroatoms. The van der Waals surface area contributed by atoms with Gasteiger partial charge in [-0.1, -0.05) is 13.3 Å². The average Bonchev–Trinajstić information content (AvgIpc) is 2.28. The van der Waals surface area contributed by atoms with Crippen molar-refractivity contribution in [3.63, 3.8) is 0 Å². The molecule has 0 unspecified atom stereocenters. The fourth-order valence-corrected chi connectivity index (χ4v) is 2.68. The first-order valence-electron chi connectivity index (χ1n) is 6.19. The Labute approximate surface area is 99.4 Å². The number of nitrogens with one attached hydrogen (secondary N) is 1. The van der Waals surface area contributed by atoms with Gasteiger partial charge in [0.05, 0.1) is 0 Å². The average molecular weight is 228 g/mol. The van der Waals surface area contributed by atoms with Crippen molar-refractivity contribution < 1.29 is 0 Å². The van der Waals surface area contributed by atoms with E-state index in [2.05, 4.69) is 31.1 Å². The van der Waals surface area contributed by atoms with E-state index in [-0.39, 0.29) is 0 Å². The molecule has 0 aromatic rings. The minimum Gasteiger partial charge on any atom is -0.363 e. The lowest BCUT2D eigenvalue weighted by Gasteiger charge is -2.35. The molecule has 15 heavy (non-hydrogen) atoms. The standard InChI is InChI=1S/C12H24N2S/c1-4-10-6-8-11(9-7-10)14(3)12(15)13-5-2/h10-11H,4-9H2,1-3H3,(H,13,15). The fraction of sp³-hybridized carbons (Fsp3) is 0.917. The highest BCUT2D eigenvalue weighted by Gasteiger charge is 2.23. The van der Waals surface area contributed by atoms with Crippen LogP contribution in [0.3, 0.4) is 0 Å². The molecule has 1 fully saturated rings. The van der Waals surface area contributed by atoms with Crippen molar-refractivity contribution in [2.75, 3.05) is 13.6 Å². The van der Waals surface area contributed by atoms with E-state index >= 15 is 0 Å². The summed E-state index contributed by atoms with van der Waals surface area (Å²) in [4.78, 5) is 2.25. The summed E-state index contributed by atoms with van der Waals surface area (Å²) in [7, 11) is 2.13. The van der Waals surface area contributed by atoms with Crippen LogP contribution in [0.5, 0.6) is 0 Å². The molecule has 0 bridgehead atoms. The van der Waals surface area contributed by atoms with Crippen molar-refractivity contribution in [2.45, 2.75) is 52.0 Å². The molecule has 1 aliphatic rings. The van der Waals surface area contributed by atoms with Crippen molar-refractivity contribution in [1.29, 1.82) is 0 Å². The van der Waals surface area contributed by atoms with E-state index in [4.69, 9.17) is 12.2 Å². The van der Waals surface area contributed by atoms with Gasteiger partial charge in [0.15, 0.2) is 5.11 Å². The SMILES string of the molecule is CCNC(=S)N(C)C1CCC(CC)CC1. The Morgan fingerprint density at radius 1 is 1.27 bits per heavy atom. The summed E-state index contributed by atoms with van der Waals surface area (Å²) in [5.41, 5.74) is 0. The van der Waals surface area contributed by atoms with Crippen LogP contribution in [0.25, 0.3) is 0 Å². The maximum Gasteiger partial charge on any atom is 0.168 e. The van der Waals surface area contributed by atoms with Gasteiger partial charge in [-0.15, -0.1) is 0 Å². The van der Waals surface area contributed by atoms with Crippen molar-refractivity contribution >= 4 is 17.3 Å². The maximum atomic E-state index is 5.33. The number of hydrogen-bond donors (Lipinski definition) is 1. The predicted octanol–water partition coefficient (Wildman–Crippen LogP) is 2.78. The molecule has 0 radical (unpaired) electrons. The van der Waals surface area contributed by atoms with Gasteiger partial charge < -0.3 is 10.2 Å². The molecule has 0 spiro atoms. The van der Waals surface area contributed by atoms with E-state index in [0.29, 0.717) is 6.04 Å². The largest absolute Gasteiger partial charge is 0.363 e. The normalized spacial score (nSPS) is 26.1. The molecule has 0 aliphatic heterocycles. The van der Waals surface area contributed by atoms with E-state index < -0.39 is 0 Å². The second-order valence-corrected chi connectivity index (χ2v) is 4.92. The molecule has 0 atom stereocenters. The fourth-order valence-electron chi connectivity index (χ4n) is 2.38. The van der Waals surface area contributed by atoms with Crippen LogP contribution >= 0.6 is 12.2 Å². The smallest absolute Gasteiger partial charge is 0.168 e. The third-order valence-electron chi connectivity index (χ3n) is 3.59. The second-order valence-electron chi connectivity index (χ2n) is 4.53. The van der Waals surface area contributed by atoms with E-state index in [1.165, 1.54) is 32.1 Å². The predicted molar refractivity (Wildman–Crippen MR) is 70.1 cm³/mol. The molecule has 0 amide bonds. The number of thiocarbonyl (C=S) groups is 1. The third-order valence-corrected chi connectivity index (χ3v) is 4.02. The number of rotatable bonds is 3. The maximum absolute atomic E-state index is 5.33. The Kier molecular flexibility index (Phi) is 5.37. The highest BCUT2D eigenvalue weighted by molar-refractivity contribution is 7.80. The van der Waals surface area contributed by atoms with Crippen LogP contribution in [-0.2, 0) is 0 Å². The number of nitrogens with zero attached hydrogens (tertiary/aromatic N) is 1. The Morgan fingerprint density at radius 2 is 1.87 bits per heavy atom. The van der Waals surface area contributed by atoms with Crippen LogP contribution in [0, 0.1) is 5.92 Å². The molecule has 0 aromatic heterocycles. The summed E-state index contributed by atoms with van der Waals surface area (Å²) >= 11 is 5.33. The van der Waals surface area contributed by atoms with Crippen LogP contribution in [0.1, 0.15) is 46.0 Å². The first kappa shape index (κ1) is 12.8. The van der Waals surface area contributed by atoms with Crippen molar-refractivity contribution in [2.24, 2.45) is 5.92 Å². The zero-order valence-corrected chi connectivity index (χ0v) is 11.1. The zero-order chi connectivity index (χ0) is 11.3. The van der Waals surface area contributed by atoms with Gasteiger partial charge in [-0.25, -0.2) is 0 Å². The van der Waals surface area contributed by atoms with Gasteiger partial charge in [0.2, 0.25) is 0 Å². The topological polar surface area (TPSA) is 15.3 Å². The summed E-state index contributed by atoms with van der Waals surface area (Å²) in [6, 6.07) is 0.666. The highest BCUT2D eigenvalue weighted by Crippen LogP contribution is 2.28. The zero-order valence-electron chi connectivity index (χ0n) is 10.3. The van der Waals surface area contributed by atoms with Crippen LogP contribution in [0.15, 0.2) is 0 Å². The summed E-state index contributed by atoms with van der Waals surface area (Å²) in [6.07, 6.45) is 6.70. The van der Waals surface area contributed by atoms with E-state index in [1.54, 1.807) is 0 Å². The van der Waals surface area contributed by atoms with Gasteiger partial charge in [-0.05, 0) is 50.7 Å². The van der Waals surface area contributed by atoms with Crippen molar-refractivity contribution in [1.82, 2.24) is 10.2 Å². The van der Waals surface area contributed by atoms with Crippen LogP contribution in [0.4, 0.5) is 0 Å². The van der Waals surface area contributed by atoms with Gasteiger partial charge in [0.1, 0.15) is 0 Å². The molecular weight excluding hydrogens is 204 g/mol. The van der Waals surface area contributed by atoms with Gasteiger partial charge in [0.25, 0.3) is 0 Å². The van der Waals surface area contributed by atoms with Gasteiger partial charge >= 0.3 is 0 Å². The molecule has 1 aliphatic carbocycles.